The Morgan fingerprint density at radius 1 is 1.59 bits per heavy atom. The van der Waals surface area contributed by atoms with Crippen molar-refractivity contribution in [3.05, 3.63) is 24.0 Å². The Morgan fingerprint density at radius 2 is 2.24 bits per heavy atom. The zero-order valence-electron chi connectivity index (χ0n) is 9.90. The van der Waals surface area contributed by atoms with Crippen molar-refractivity contribution in [2.75, 3.05) is 5.32 Å². The number of phenolic OH excluding ortho intramolecular Hbond substituents is 1. The molecule has 17 heavy (non-hydrogen) atoms. The highest BCUT2D eigenvalue weighted by molar-refractivity contribution is 5.96. The van der Waals surface area contributed by atoms with E-state index in [2.05, 4.69) is 5.32 Å². The fourth-order valence-corrected chi connectivity index (χ4v) is 1.34. The standard InChI is InChI=1S/C12H17FN2O2/c1-3-7(2)11(14)12(17)15-9-6-8(13)4-5-10(9)16/h4-7,11,16H,3,14H2,1-2H3,(H,15,17). The van der Waals surface area contributed by atoms with Crippen LogP contribution in [0.5, 0.6) is 5.75 Å². The first-order valence-corrected chi connectivity index (χ1v) is 5.50. The predicted molar refractivity (Wildman–Crippen MR) is 64.1 cm³/mol. The van der Waals surface area contributed by atoms with E-state index in [1.165, 1.54) is 6.07 Å². The number of phenols is 1. The fraction of sp³-hybridized carbons (Fsp3) is 0.417. The molecule has 4 nitrogen and oxygen atoms in total. The highest BCUT2D eigenvalue weighted by Crippen LogP contribution is 2.23. The van der Waals surface area contributed by atoms with Gasteiger partial charge in [-0.25, -0.2) is 4.39 Å². The van der Waals surface area contributed by atoms with Crippen molar-refractivity contribution in [3.63, 3.8) is 0 Å². The second-order valence-corrected chi connectivity index (χ2v) is 4.06. The van der Waals surface area contributed by atoms with Crippen LogP contribution in [0.1, 0.15) is 20.3 Å². The fourth-order valence-electron chi connectivity index (χ4n) is 1.34. The lowest BCUT2D eigenvalue weighted by Gasteiger charge is -2.18. The van der Waals surface area contributed by atoms with Crippen molar-refractivity contribution < 1.29 is 14.3 Å². The number of nitrogens with one attached hydrogen (secondary N) is 1. The molecule has 1 rings (SSSR count). The van der Waals surface area contributed by atoms with Gasteiger partial charge in [0.15, 0.2) is 0 Å². The van der Waals surface area contributed by atoms with Crippen LogP contribution in [0.3, 0.4) is 0 Å². The highest BCUT2D eigenvalue weighted by atomic mass is 19.1. The van der Waals surface area contributed by atoms with E-state index in [1.807, 2.05) is 13.8 Å². The maximum absolute atomic E-state index is 12.9. The van der Waals surface area contributed by atoms with Crippen LogP contribution in [0.25, 0.3) is 0 Å². The molecule has 0 bridgehead atoms. The molecule has 2 unspecified atom stereocenters. The number of anilines is 1. The number of aromatic hydroxyl groups is 1. The zero-order valence-corrected chi connectivity index (χ0v) is 9.90. The summed E-state index contributed by atoms with van der Waals surface area (Å²) in [7, 11) is 0. The molecular weight excluding hydrogens is 223 g/mol. The zero-order chi connectivity index (χ0) is 13.0. The molecule has 1 amide bonds. The highest BCUT2D eigenvalue weighted by Gasteiger charge is 2.20. The molecule has 0 saturated heterocycles. The van der Waals surface area contributed by atoms with E-state index in [4.69, 9.17) is 5.73 Å². The molecule has 0 fully saturated rings. The van der Waals surface area contributed by atoms with Crippen molar-refractivity contribution in [2.24, 2.45) is 11.7 Å². The van der Waals surface area contributed by atoms with Crippen molar-refractivity contribution in [2.45, 2.75) is 26.3 Å². The number of hydrogen-bond acceptors (Lipinski definition) is 3. The summed E-state index contributed by atoms with van der Waals surface area (Å²) in [5.74, 6) is -1.13. The van der Waals surface area contributed by atoms with Crippen LogP contribution < -0.4 is 11.1 Å². The number of carbonyl (C=O) groups excluding carboxylic acids is 1. The summed E-state index contributed by atoms with van der Waals surface area (Å²) < 4.78 is 12.9. The lowest BCUT2D eigenvalue weighted by Crippen LogP contribution is -2.40. The average Bonchev–Trinajstić information content (AvgIpc) is 2.31. The van der Waals surface area contributed by atoms with Crippen LogP contribution >= 0.6 is 0 Å². The maximum atomic E-state index is 12.9. The third kappa shape index (κ3) is 3.42. The summed E-state index contributed by atoms with van der Waals surface area (Å²) in [6.07, 6.45) is 0.768. The second-order valence-electron chi connectivity index (χ2n) is 4.06. The van der Waals surface area contributed by atoms with Gasteiger partial charge in [-0.1, -0.05) is 20.3 Å². The van der Waals surface area contributed by atoms with Crippen LogP contribution in [0.2, 0.25) is 0 Å². The first-order chi connectivity index (χ1) is 7.95. The Labute approximate surface area is 99.6 Å². The van der Waals surface area contributed by atoms with Gasteiger partial charge in [0, 0.05) is 6.07 Å². The van der Waals surface area contributed by atoms with Gasteiger partial charge < -0.3 is 16.2 Å². The number of benzene rings is 1. The molecule has 0 heterocycles. The van der Waals surface area contributed by atoms with Crippen LogP contribution in [0.4, 0.5) is 10.1 Å². The predicted octanol–water partition coefficient (Wildman–Crippen LogP) is 1.84. The summed E-state index contributed by atoms with van der Waals surface area (Å²) in [6, 6.07) is 2.67. The SMILES string of the molecule is CCC(C)C(N)C(=O)Nc1cc(F)ccc1O. The van der Waals surface area contributed by atoms with Gasteiger partial charge in [-0.3, -0.25) is 4.79 Å². The van der Waals surface area contributed by atoms with Gasteiger partial charge in [0.05, 0.1) is 11.7 Å². The maximum Gasteiger partial charge on any atom is 0.241 e. The van der Waals surface area contributed by atoms with Crippen molar-refractivity contribution in [1.82, 2.24) is 0 Å². The molecule has 0 aromatic heterocycles. The average molecular weight is 240 g/mol. The largest absolute Gasteiger partial charge is 0.506 e. The lowest BCUT2D eigenvalue weighted by atomic mass is 9.99. The monoisotopic (exact) mass is 240 g/mol. The molecule has 94 valence electrons. The molecule has 5 heteroatoms. The third-order valence-corrected chi connectivity index (χ3v) is 2.78. The van der Waals surface area contributed by atoms with E-state index in [-0.39, 0.29) is 17.4 Å². The number of nitrogens with two attached hydrogens (primary N) is 1. The molecule has 0 aliphatic carbocycles. The Kier molecular flexibility index (Phi) is 4.45. The van der Waals surface area contributed by atoms with E-state index >= 15 is 0 Å². The van der Waals surface area contributed by atoms with Gasteiger partial charge in [0.25, 0.3) is 0 Å². The number of hydrogen-bond donors (Lipinski definition) is 3. The number of halogens is 1. The van der Waals surface area contributed by atoms with Crippen molar-refractivity contribution in [1.29, 1.82) is 0 Å². The molecule has 0 aliphatic heterocycles. The Bertz CT molecular complexity index is 409. The number of amides is 1. The Balaban J connectivity index is 2.77. The second kappa shape index (κ2) is 5.63. The Morgan fingerprint density at radius 3 is 2.82 bits per heavy atom. The summed E-state index contributed by atoms with van der Waals surface area (Å²) in [4.78, 5) is 11.7. The molecule has 2 atom stereocenters. The minimum atomic E-state index is -0.678. The van der Waals surface area contributed by atoms with E-state index in [9.17, 15) is 14.3 Å². The summed E-state index contributed by atoms with van der Waals surface area (Å²) in [5.41, 5.74) is 5.76. The van der Waals surface area contributed by atoms with Gasteiger partial charge in [-0.05, 0) is 18.1 Å². The van der Waals surface area contributed by atoms with Gasteiger partial charge in [0.1, 0.15) is 11.6 Å². The topological polar surface area (TPSA) is 75.4 Å². The molecule has 0 spiro atoms. The van der Waals surface area contributed by atoms with Crippen molar-refractivity contribution in [3.8, 4) is 5.75 Å². The van der Waals surface area contributed by atoms with Crippen LogP contribution in [0.15, 0.2) is 18.2 Å². The first-order valence-electron chi connectivity index (χ1n) is 5.50. The smallest absolute Gasteiger partial charge is 0.241 e. The summed E-state index contributed by atoms with van der Waals surface area (Å²) in [6.45, 7) is 3.78. The summed E-state index contributed by atoms with van der Waals surface area (Å²) >= 11 is 0. The van der Waals surface area contributed by atoms with Crippen LogP contribution in [-0.2, 0) is 4.79 Å². The van der Waals surface area contributed by atoms with Gasteiger partial charge in [-0.15, -0.1) is 0 Å². The van der Waals surface area contributed by atoms with Gasteiger partial charge >= 0.3 is 0 Å². The van der Waals surface area contributed by atoms with Gasteiger partial charge in [0.2, 0.25) is 5.91 Å². The quantitative estimate of drug-likeness (QED) is 0.703. The summed E-state index contributed by atoms with van der Waals surface area (Å²) in [5, 5.41) is 11.9. The number of carbonyl (C=O) groups is 1. The normalized spacial score (nSPS) is 14.1. The molecule has 4 N–H and O–H groups in total. The minimum Gasteiger partial charge on any atom is -0.506 e. The molecule has 0 radical (unpaired) electrons. The molecule has 0 aliphatic rings. The number of rotatable bonds is 4. The van der Waals surface area contributed by atoms with Crippen molar-refractivity contribution >= 4 is 11.6 Å². The van der Waals surface area contributed by atoms with Crippen LogP contribution in [0, 0.1) is 11.7 Å². The molecular formula is C12H17FN2O2. The first kappa shape index (κ1) is 13.4. The molecule has 1 aromatic rings. The molecule has 1 aromatic carbocycles. The lowest BCUT2D eigenvalue weighted by molar-refractivity contribution is -0.118. The third-order valence-electron chi connectivity index (χ3n) is 2.78. The Hall–Kier alpha value is -1.62. The van der Waals surface area contributed by atoms with E-state index < -0.39 is 17.8 Å². The van der Waals surface area contributed by atoms with E-state index in [1.54, 1.807) is 0 Å². The van der Waals surface area contributed by atoms with Crippen LogP contribution in [-0.4, -0.2) is 17.1 Å². The van der Waals surface area contributed by atoms with E-state index in [0.717, 1.165) is 18.6 Å². The minimum absolute atomic E-state index is 0.0192. The molecule has 0 saturated carbocycles. The van der Waals surface area contributed by atoms with Gasteiger partial charge in [-0.2, -0.15) is 0 Å². The van der Waals surface area contributed by atoms with E-state index in [0.29, 0.717) is 0 Å².